The molecule has 2 aliphatic heterocycles. The molecule has 0 amide bonds. The Balaban J connectivity index is 1.06. The number of benzene rings is 2. The number of halogens is 3. The summed E-state index contributed by atoms with van der Waals surface area (Å²) in [5.74, 6) is 0.923. The van der Waals surface area contributed by atoms with Crippen LogP contribution in [0.4, 0.5) is 24.7 Å². The SMILES string of the molecule is Cc1cc(N2CCC(CCc3ccc(OC(F)(F)F)cc3)CC2)ccc1OCC1CCn2cc([N+](=O)[O-])nc2O1. The summed E-state index contributed by atoms with van der Waals surface area (Å²) in [5.41, 5.74) is 3.17. The molecule has 1 atom stereocenters. The Morgan fingerprint density at radius 2 is 1.85 bits per heavy atom. The van der Waals surface area contributed by atoms with E-state index in [1.54, 1.807) is 16.7 Å². The van der Waals surface area contributed by atoms with Crippen LogP contribution in [-0.4, -0.2) is 46.6 Å². The van der Waals surface area contributed by atoms with Crippen LogP contribution in [0.15, 0.2) is 48.7 Å². The van der Waals surface area contributed by atoms with Crippen molar-refractivity contribution in [1.82, 2.24) is 9.55 Å². The molecule has 0 N–H and O–H groups in total. The fourth-order valence-corrected chi connectivity index (χ4v) is 5.22. The standard InChI is InChI=1S/C28H31F3N4O5/c1-19-16-22(6-9-25(19)38-18-24-12-15-34-17-26(35(36)37)32-27(34)39-24)33-13-10-21(11-14-33)3-2-20-4-7-23(8-5-20)40-28(29,30)31/h4-9,16-17,21,24H,2-3,10-15,18H2,1H3. The Morgan fingerprint density at radius 3 is 2.52 bits per heavy atom. The van der Waals surface area contributed by atoms with Gasteiger partial charge in [0.1, 0.15) is 30.4 Å². The fraction of sp³-hybridized carbons (Fsp3) is 0.464. The predicted octanol–water partition coefficient (Wildman–Crippen LogP) is 6.08. The lowest BCUT2D eigenvalue weighted by Crippen LogP contribution is -2.34. The van der Waals surface area contributed by atoms with Gasteiger partial charge in [-0.2, -0.15) is 0 Å². The molecule has 40 heavy (non-hydrogen) atoms. The largest absolute Gasteiger partial charge is 0.573 e. The van der Waals surface area contributed by atoms with Crippen LogP contribution in [0.5, 0.6) is 17.5 Å². The molecule has 1 saturated heterocycles. The first-order valence-corrected chi connectivity index (χ1v) is 13.3. The van der Waals surface area contributed by atoms with Gasteiger partial charge in [0.25, 0.3) is 0 Å². The van der Waals surface area contributed by atoms with E-state index in [0.29, 0.717) is 25.5 Å². The highest BCUT2D eigenvalue weighted by Crippen LogP contribution is 2.31. The van der Waals surface area contributed by atoms with Gasteiger partial charge >= 0.3 is 18.2 Å². The second-order valence-corrected chi connectivity index (χ2v) is 10.3. The van der Waals surface area contributed by atoms with Crippen LogP contribution < -0.4 is 19.1 Å². The van der Waals surface area contributed by atoms with Crippen molar-refractivity contribution in [3.63, 3.8) is 0 Å². The minimum absolute atomic E-state index is 0.195. The van der Waals surface area contributed by atoms with Crippen molar-refractivity contribution in [3.8, 4) is 17.5 Å². The number of imidazole rings is 1. The van der Waals surface area contributed by atoms with Crippen LogP contribution in [0.1, 0.15) is 36.8 Å². The van der Waals surface area contributed by atoms with Gasteiger partial charge in [-0.1, -0.05) is 12.1 Å². The molecule has 2 aliphatic rings. The maximum Gasteiger partial charge on any atom is 0.573 e. The molecular weight excluding hydrogens is 529 g/mol. The molecule has 3 aromatic rings. The Kier molecular flexibility index (Phi) is 8.04. The summed E-state index contributed by atoms with van der Waals surface area (Å²) in [6, 6.07) is 12.5. The molecule has 1 unspecified atom stereocenters. The summed E-state index contributed by atoms with van der Waals surface area (Å²) in [6.45, 7) is 4.80. The normalized spacial score (nSPS) is 17.7. The number of nitrogens with zero attached hydrogens (tertiary/aromatic N) is 4. The molecule has 0 radical (unpaired) electrons. The van der Waals surface area contributed by atoms with E-state index in [9.17, 15) is 23.3 Å². The molecule has 2 aromatic carbocycles. The topological polar surface area (TPSA) is 91.9 Å². The van der Waals surface area contributed by atoms with Crippen LogP contribution in [0.2, 0.25) is 0 Å². The van der Waals surface area contributed by atoms with Crippen molar-refractivity contribution in [2.75, 3.05) is 24.6 Å². The van der Waals surface area contributed by atoms with Gasteiger partial charge in [-0.3, -0.25) is 4.57 Å². The summed E-state index contributed by atoms with van der Waals surface area (Å²) in [6.07, 6.45) is 1.08. The molecule has 3 heterocycles. The van der Waals surface area contributed by atoms with Crippen LogP contribution >= 0.6 is 0 Å². The highest BCUT2D eigenvalue weighted by molar-refractivity contribution is 5.53. The summed E-state index contributed by atoms with van der Waals surface area (Å²) in [4.78, 5) is 16.7. The number of nitro groups is 1. The number of aryl methyl sites for hydroxylation is 3. The number of alkyl halides is 3. The van der Waals surface area contributed by atoms with Crippen LogP contribution in [0.25, 0.3) is 0 Å². The Bertz CT molecular complexity index is 1320. The summed E-state index contributed by atoms with van der Waals surface area (Å²) >= 11 is 0. The molecule has 0 spiro atoms. The van der Waals surface area contributed by atoms with Gasteiger partial charge < -0.3 is 29.2 Å². The van der Waals surface area contributed by atoms with Crippen molar-refractivity contribution >= 4 is 11.5 Å². The zero-order chi connectivity index (χ0) is 28.3. The minimum Gasteiger partial charge on any atom is -0.489 e. The van der Waals surface area contributed by atoms with E-state index in [2.05, 4.69) is 26.8 Å². The molecule has 0 saturated carbocycles. The van der Waals surface area contributed by atoms with E-state index in [0.717, 1.165) is 61.3 Å². The number of fused-ring (bicyclic) bond motifs is 1. The van der Waals surface area contributed by atoms with Crippen molar-refractivity contribution in [2.24, 2.45) is 5.92 Å². The number of ether oxygens (including phenoxy) is 3. The Labute approximate surface area is 229 Å². The maximum absolute atomic E-state index is 12.3. The molecule has 214 valence electrons. The molecule has 1 fully saturated rings. The molecule has 12 heteroatoms. The second kappa shape index (κ2) is 11.6. The average molecular weight is 561 g/mol. The lowest BCUT2D eigenvalue weighted by atomic mass is 9.90. The van der Waals surface area contributed by atoms with Crippen molar-refractivity contribution in [2.45, 2.75) is 58.0 Å². The highest BCUT2D eigenvalue weighted by atomic mass is 19.4. The maximum atomic E-state index is 12.3. The summed E-state index contributed by atoms with van der Waals surface area (Å²) in [5, 5.41) is 10.9. The van der Waals surface area contributed by atoms with Crippen LogP contribution in [0.3, 0.4) is 0 Å². The van der Waals surface area contributed by atoms with Gasteiger partial charge in [0.15, 0.2) is 0 Å². The highest BCUT2D eigenvalue weighted by Gasteiger charge is 2.31. The molecule has 9 nitrogen and oxygen atoms in total. The van der Waals surface area contributed by atoms with E-state index in [4.69, 9.17) is 9.47 Å². The van der Waals surface area contributed by atoms with Gasteiger partial charge in [0.05, 0.1) is 0 Å². The zero-order valence-electron chi connectivity index (χ0n) is 22.1. The van der Waals surface area contributed by atoms with Crippen molar-refractivity contribution in [3.05, 3.63) is 69.9 Å². The van der Waals surface area contributed by atoms with Gasteiger partial charge in [-0.05, 0) is 84.9 Å². The quantitative estimate of drug-likeness (QED) is 0.231. The molecular formula is C28H31F3N4O5. The van der Waals surface area contributed by atoms with Gasteiger partial charge in [-0.15, -0.1) is 13.2 Å². The van der Waals surface area contributed by atoms with E-state index in [-0.39, 0.29) is 23.7 Å². The third kappa shape index (κ3) is 6.97. The lowest BCUT2D eigenvalue weighted by Gasteiger charge is -2.34. The monoisotopic (exact) mass is 560 g/mol. The molecule has 0 aliphatic carbocycles. The number of hydrogen-bond donors (Lipinski definition) is 0. The average Bonchev–Trinajstić information content (AvgIpc) is 3.36. The predicted molar refractivity (Wildman–Crippen MR) is 141 cm³/mol. The fourth-order valence-electron chi connectivity index (χ4n) is 5.22. The first kappa shape index (κ1) is 27.6. The third-order valence-electron chi connectivity index (χ3n) is 7.44. The molecule has 0 bridgehead atoms. The number of piperidine rings is 1. The van der Waals surface area contributed by atoms with Gasteiger partial charge in [-0.25, -0.2) is 0 Å². The summed E-state index contributed by atoms with van der Waals surface area (Å²) < 4.78 is 54.4. The smallest absolute Gasteiger partial charge is 0.489 e. The Morgan fingerprint density at radius 1 is 1.10 bits per heavy atom. The Hall–Kier alpha value is -3.96. The first-order valence-electron chi connectivity index (χ1n) is 13.3. The molecule has 5 rings (SSSR count). The van der Waals surface area contributed by atoms with Crippen LogP contribution in [0, 0.1) is 23.0 Å². The van der Waals surface area contributed by atoms with E-state index in [1.807, 2.05) is 13.0 Å². The van der Waals surface area contributed by atoms with Crippen LogP contribution in [-0.2, 0) is 13.0 Å². The van der Waals surface area contributed by atoms with Gasteiger partial charge in [0, 0.05) is 36.7 Å². The number of rotatable bonds is 9. The second-order valence-electron chi connectivity index (χ2n) is 10.3. The van der Waals surface area contributed by atoms with E-state index < -0.39 is 11.3 Å². The molecule has 1 aromatic heterocycles. The number of hydrogen-bond acceptors (Lipinski definition) is 7. The van der Waals surface area contributed by atoms with E-state index in [1.165, 1.54) is 18.3 Å². The zero-order valence-corrected chi connectivity index (χ0v) is 22.1. The number of aromatic nitrogens is 2. The van der Waals surface area contributed by atoms with Crippen molar-refractivity contribution < 1.29 is 32.3 Å². The number of anilines is 1. The minimum atomic E-state index is -4.67. The summed E-state index contributed by atoms with van der Waals surface area (Å²) in [7, 11) is 0. The lowest BCUT2D eigenvalue weighted by molar-refractivity contribution is -0.389. The van der Waals surface area contributed by atoms with Crippen molar-refractivity contribution in [1.29, 1.82) is 0 Å². The van der Waals surface area contributed by atoms with Gasteiger partial charge in [0.2, 0.25) is 0 Å². The van der Waals surface area contributed by atoms with E-state index >= 15 is 0 Å². The third-order valence-corrected chi connectivity index (χ3v) is 7.44. The first-order chi connectivity index (χ1) is 19.1.